The maximum absolute atomic E-state index is 8.09. The van der Waals surface area contributed by atoms with Crippen molar-refractivity contribution in [1.82, 2.24) is 0 Å². The molecule has 6 heteroatoms. The Morgan fingerprint density at radius 2 is 1.53 bits per heavy atom. The number of methoxy groups -OCH3 is 1. The minimum Gasteiger partial charge on any atom is 0 e. The van der Waals surface area contributed by atoms with Crippen LogP contribution in [-0.2, 0) is 35.8 Å². The first kappa shape index (κ1) is 29.8. The van der Waals surface area contributed by atoms with E-state index >= 15 is 0 Å². The zero-order valence-electron chi connectivity index (χ0n) is 9.32. The maximum atomic E-state index is 8.09. The molecular weight excluding hydrogens is 266 g/mol. The van der Waals surface area contributed by atoms with Crippen molar-refractivity contribution in [3.8, 4) is 6.07 Å². The Kier molecular flexibility index (Phi) is 80.0. The molecule has 0 saturated heterocycles. The number of nitrogens with zero attached hydrogens (tertiary/aromatic N) is 1. The number of rotatable bonds is 5. The molecule has 0 rings (SSSR count). The molecule has 92 valence electrons. The second-order valence-corrected chi connectivity index (χ2v) is 1.81. The number of hydrogen-bond donors (Lipinski definition) is 0. The van der Waals surface area contributed by atoms with Crippen molar-refractivity contribution in [2.24, 2.45) is 0 Å². The van der Waals surface area contributed by atoms with Gasteiger partial charge in [0, 0.05) is 24.2 Å². The smallest absolute Gasteiger partial charge is 0 e. The topological polar surface area (TPSA) is 92.7 Å². The summed E-state index contributed by atoms with van der Waals surface area (Å²) in [6.45, 7) is 15.4. The van der Waals surface area contributed by atoms with Crippen LogP contribution in [0.2, 0.25) is 0 Å². The molecule has 0 aromatic rings. The largest absolute Gasteiger partial charge is 0 e. The summed E-state index contributed by atoms with van der Waals surface area (Å²) < 4.78 is 27.4. The first-order chi connectivity index (χ1) is 7.81. The van der Waals surface area contributed by atoms with Crippen molar-refractivity contribution < 1.29 is 35.8 Å². The van der Waals surface area contributed by atoms with Crippen molar-refractivity contribution in [3.05, 3.63) is 45.6 Å². The summed E-state index contributed by atoms with van der Waals surface area (Å²) in [7, 11) is 1.64. The summed E-state index contributed by atoms with van der Waals surface area (Å²) in [5.74, 6) is 0. The Balaban J connectivity index is -0.0000000594. The number of nitriles is 1. The number of hydrogen-bond acceptors (Lipinski definition) is 2. The van der Waals surface area contributed by atoms with Gasteiger partial charge in [-0.25, -0.2) is 0 Å². The summed E-state index contributed by atoms with van der Waals surface area (Å²) in [4.78, 5) is 0. The second-order valence-electron chi connectivity index (χ2n) is 1.81. The number of unbranched alkanes of at least 4 members (excludes halogenated alkanes) is 2. The van der Waals surface area contributed by atoms with Gasteiger partial charge >= 0.3 is 33.9 Å². The van der Waals surface area contributed by atoms with Gasteiger partial charge in [-0.15, -0.1) is 0 Å². The minimum atomic E-state index is 0. The van der Waals surface area contributed by atoms with Crippen LogP contribution in [0, 0.1) is 57.0 Å². The van der Waals surface area contributed by atoms with E-state index in [1.165, 1.54) is 6.42 Å². The van der Waals surface area contributed by atoms with Crippen LogP contribution in [0.25, 0.3) is 0 Å². The van der Waals surface area contributed by atoms with Crippen LogP contribution >= 0.6 is 0 Å². The predicted molar refractivity (Wildman–Crippen MR) is 51.1 cm³/mol. The third kappa shape index (κ3) is 51.1. The molecule has 0 amide bonds. The Hall–Kier alpha value is -0.811. The fourth-order valence-corrected chi connectivity index (χ4v) is 0.398. The Labute approximate surface area is 113 Å². The Morgan fingerprint density at radius 3 is 1.82 bits per heavy atom. The molecule has 0 aromatic heterocycles. The van der Waals surface area contributed by atoms with Crippen molar-refractivity contribution in [1.29, 1.82) is 5.26 Å². The van der Waals surface area contributed by atoms with Crippen LogP contribution in [-0.4, -0.2) is 13.2 Å². The molecule has 0 spiro atoms. The second kappa shape index (κ2) is 45.6. The Morgan fingerprint density at radius 1 is 1.12 bits per heavy atom. The van der Waals surface area contributed by atoms with E-state index in [1.54, 1.807) is 20.0 Å². The summed E-state index contributed by atoms with van der Waals surface area (Å²) in [6, 6.07) is 1.89. The van der Waals surface area contributed by atoms with E-state index in [1.807, 2.05) is 19.4 Å². The summed E-state index contributed by atoms with van der Waals surface area (Å²) >= 11 is 0. The van der Waals surface area contributed by atoms with Crippen molar-refractivity contribution in [2.45, 2.75) is 13.0 Å². The van der Waals surface area contributed by atoms with E-state index in [0.717, 1.165) is 0 Å². The fourth-order valence-electron chi connectivity index (χ4n) is 0.398. The number of ether oxygens (including phenoxy) is 1. The van der Waals surface area contributed by atoms with Crippen molar-refractivity contribution in [3.63, 3.8) is 0 Å². The first-order valence-corrected chi connectivity index (χ1v) is 3.68. The van der Waals surface area contributed by atoms with Crippen LogP contribution in [0.3, 0.4) is 0 Å². The molecule has 0 aromatic carbocycles. The molecule has 0 fully saturated rings. The molecule has 0 aliphatic rings. The van der Waals surface area contributed by atoms with E-state index in [9.17, 15) is 0 Å². The Bertz CT molecular complexity index is 193. The van der Waals surface area contributed by atoms with Crippen LogP contribution < -0.4 is 0 Å². The molecule has 0 N–H and O–H groups in total. The predicted octanol–water partition coefficient (Wildman–Crippen LogP) is 1.25. The van der Waals surface area contributed by atoms with Crippen LogP contribution in [0.5, 0.6) is 0 Å². The van der Waals surface area contributed by atoms with Gasteiger partial charge in [-0.3, -0.25) is 0 Å². The van der Waals surface area contributed by atoms with Crippen molar-refractivity contribution >= 4 is 0 Å². The van der Waals surface area contributed by atoms with Gasteiger partial charge in [-0.05, 0) is 26.2 Å². The average Bonchev–Trinajstić information content (AvgIpc) is 2.41. The molecule has 4 radical (unpaired) electrons. The first-order valence-electron chi connectivity index (χ1n) is 3.68. The van der Waals surface area contributed by atoms with Crippen molar-refractivity contribution in [2.75, 3.05) is 7.11 Å². The normalized spacial score (nSPS) is 7.71. The third-order valence-corrected chi connectivity index (χ3v) is 1.04. The molecule has 0 unspecified atom stereocenters. The van der Waals surface area contributed by atoms with Gasteiger partial charge in [0.1, 0.15) is 0 Å². The van der Waals surface area contributed by atoms with E-state index in [0.29, 0.717) is 0 Å². The van der Waals surface area contributed by atoms with Crippen LogP contribution in [0.15, 0.2) is 0 Å². The minimum absolute atomic E-state index is 0. The zero-order valence-corrected chi connectivity index (χ0v) is 10.4. The van der Waals surface area contributed by atoms with E-state index in [4.69, 9.17) is 24.0 Å². The monoisotopic (exact) mass is 277 g/mol. The van der Waals surface area contributed by atoms with Gasteiger partial charge in [-0.1, -0.05) is 0 Å². The standard InChI is InChI=1S/C8H11NO.3CO.Fe/c1-8(10-2)6-4-3-5-7-9;3*1-2;/h3-6,8H,1-2H3;;;;/t8-;;;;/m1..../s1. The summed E-state index contributed by atoms with van der Waals surface area (Å²) in [5, 5.41) is 8.09. The maximum Gasteiger partial charge on any atom is 0 e. The van der Waals surface area contributed by atoms with Gasteiger partial charge in [0.15, 0.2) is 0 Å². The van der Waals surface area contributed by atoms with Gasteiger partial charge in [0.05, 0.1) is 18.6 Å². The molecule has 0 saturated carbocycles. The summed E-state index contributed by atoms with van der Waals surface area (Å²) in [6.07, 6.45) is 6.86. The molecule has 0 heterocycles. The fraction of sp³-hybridized carbons (Fsp3) is 0.273. The molecule has 0 bridgehead atoms. The average molecular weight is 277 g/mol. The van der Waals surface area contributed by atoms with Gasteiger partial charge < -0.3 is 4.74 Å². The van der Waals surface area contributed by atoms with Crippen LogP contribution in [0.1, 0.15) is 6.92 Å². The molecule has 1 atom stereocenters. The molecule has 17 heavy (non-hydrogen) atoms. The zero-order chi connectivity index (χ0) is 13.8. The van der Waals surface area contributed by atoms with Crippen LogP contribution in [0.4, 0.5) is 0 Å². The third-order valence-electron chi connectivity index (χ3n) is 1.04. The van der Waals surface area contributed by atoms with E-state index in [2.05, 4.69) is 20.0 Å². The summed E-state index contributed by atoms with van der Waals surface area (Å²) in [5.41, 5.74) is 0. The molecular formula is C11H11FeNO4. The quantitative estimate of drug-likeness (QED) is 0.327. The molecule has 0 aliphatic carbocycles. The van der Waals surface area contributed by atoms with E-state index < -0.39 is 0 Å². The van der Waals surface area contributed by atoms with Gasteiger partial charge in [0.25, 0.3) is 0 Å². The molecule has 5 nitrogen and oxygen atoms in total. The SMILES string of the molecule is CO[C@H](C)[CH][CH][CH][CH]C#N.[C-]#[O+].[C-]#[O+].[C-]#[O+].[Fe]. The molecule has 0 aliphatic heterocycles. The van der Waals surface area contributed by atoms with Gasteiger partial charge in [-0.2, -0.15) is 5.26 Å². The van der Waals surface area contributed by atoms with E-state index in [-0.39, 0.29) is 23.2 Å². The van der Waals surface area contributed by atoms with Gasteiger partial charge in [0.2, 0.25) is 0 Å².